The first-order chi connectivity index (χ1) is 56.9. The number of amides is 9. The van der Waals surface area contributed by atoms with E-state index in [1.54, 1.807) is 63.5 Å². The van der Waals surface area contributed by atoms with Gasteiger partial charge >= 0.3 is 0 Å². The number of thiophene rings is 1. The van der Waals surface area contributed by atoms with E-state index in [2.05, 4.69) is 95.9 Å². The second kappa shape index (κ2) is 43.0. The van der Waals surface area contributed by atoms with Gasteiger partial charge in [-0.3, -0.25) is 62.5 Å². The fraction of sp³-hybridized carbons (Fsp3) is 0.500. The molecule has 0 saturated carbocycles. The number of hydrogen-bond donors (Lipinski definition) is 8. The zero-order valence-electron chi connectivity index (χ0n) is 67.7. The molecule has 0 aliphatic carbocycles. The molecule has 0 unspecified atom stereocenters. The molecule has 40 heteroatoms. The Labute approximate surface area is 691 Å². The number of imidazole rings is 3. The van der Waals surface area contributed by atoms with E-state index in [1.165, 1.54) is 60.1 Å². The maximum absolute atomic E-state index is 14.1. The average molecular weight is 1670 g/mol. The van der Waals surface area contributed by atoms with Crippen molar-refractivity contribution >= 4 is 105 Å². The number of aromatic nitrogens is 11. The van der Waals surface area contributed by atoms with E-state index in [0.29, 0.717) is 108 Å². The predicted molar refractivity (Wildman–Crippen MR) is 438 cm³/mol. The highest BCUT2D eigenvalue weighted by molar-refractivity contribution is 7.15. The number of nitrogens with zero attached hydrogens (tertiary/aromatic N) is 15. The summed E-state index contributed by atoms with van der Waals surface area (Å²) in [6, 6.07) is 10.6. The molecule has 118 heavy (non-hydrogen) atoms. The van der Waals surface area contributed by atoms with Crippen LogP contribution >= 0.6 is 22.9 Å². The number of carbonyl (C=O) groups is 9. The van der Waals surface area contributed by atoms with Gasteiger partial charge in [-0.2, -0.15) is 0 Å². The van der Waals surface area contributed by atoms with Gasteiger partial charge in [0.15, 0.2) is 23.3 Å². The van der Waals surface area contributed by atoms with Crippen LogP contribution in [-0.2, 0) is 82.8 Å². The monoisotopic (exact) mass is 1670 g/mol. The van der Waals surface area contributed by atoms with Crippen LogP contribution in [0.1, 0.15) is 131 Å². The minimum atomic E-state index is -0.638. The van der Waals surface area contributed by atoms with Crippen LogP contribution in [0.2, 0.25) is 5.02 Å². The molecule has 1 aromatic carbocycles. The lowest BCUT2D eigenvalue weighted by Gasteiger charge is -2.42. The van der Waals surface area contributed by atoms with E-state index in [-0.39, 0.29) is 116 Å². The number of nitrogens with one attached hydrogen (secondary N) is 8. The number of hydrogen-bond acceptors (Lipinski definition) is 24. The number of ether oxygens (including phenoxy) is 6. The molecule has 634 valence electrons. The molecular weight excluding hydrogens is 1570 g/mol. The lowest BCUT2D eigenvalue weighted by Crippen LogP contribution is -2.54. The molecule has 3 aliphatic heterocycles. The number of piperidine rings is 1. The molecule has 3 aliphatic rings. The Balaban J connectivity index is 0.448. The van der Waals surface area contributed by atoms with Gasteiger partial charge in [0.2, 0.25) is 35.3 Å². The number of piperazine rings is 1. The van der Waals surface area contributed by atoms with Gasteiger partial charge in [-0.15, -0.1) is 21.5 Å². The van der Waals surface area contributed by atoms with Gasteiger partial charge in [-0.05, 0) is 63.4 Å². The normalized spacial score (nSPS) is 14.4. The van der Waals surface area contributed by atoms with Gasteiger partial charge < -0.3 is 98.7 Å². The van der Waals surface area contributed by atoms with Gasteiger partial charge in [0, 0.05) is 191 Å². The third-order valence-electron chi connectivity index (χ3n) is 20.1. The van der Waals surface area contributed by atoms with Gasteiger partial charge in [0.05, 0.1) is 103 Å². The number of carbonyl (C=O) groups excluding carboxylic acids is 9. The first kappa shape index (κ1) is 87.9. The number of halogens is 1. The first-order valence-electron chi connectivity index (χ1n) is 39.2. The third-order valence-corrected chi connectivity index (χ3v) is 21.5. The summed E-state index contributed by atoms with van der Waals surface area (Å²) < 4.78 is 43.4. The van der Waals surface area contributed by atoms with Crippen molar-refractivity contribution in [1.29, 1.82) is 0 Å². The van der Waals surface area contributed by atoms with Crippen molar-refractivity contribution in [3.05, 3.63) is 141 Å². The number of anilines is 4. The van der Waals surface area contributed by atoms with Crippen molar-refractivity contribution in [2.24, 2.45) is 40.2 Å². The summed E-state index contributed by atoms with van der Waals surface area (Å²) in [4.78, 5) is 143. The molecule has 2 saturated heterocycles. The van der Waals surface area contributed by atoms with Crippen LogP contribution in [-0.4, -0.2) is 283 Å². The second-order valence-corrected chi connectivity index (χ2v) is 30.2. The van der Waals surface area contributed by atoms with E-state index in [0.717, 1.165) is 78.8 Å². The fourth-order valence-corrected chi connectivity index (χ4v) is 15.0. The van der Waals surface area contributed by atoms with Crippen molar-refractivity contribution in [3.8, 4) is 5.00 Å². The number of aryl methyl sites for hydroxylation is 7. The van der Waals surface area contributed by atoms with Crippen LogP contribution in [0.5, 0.6) is 0 Å². The Hall–Kier alpha value is -10.9. The predicted octanol–water partition coefficient (Wildman–Crippen LogP) is 3.73. The molecule has 10 heterocycles. The highest BCUT2D eigenvalue weighted by Crippen LogP contribution is 2.40. The molecule has 2 fully saturated rings. The zero-order chi connectivity index (χ0) is 83.8. The van der Waals surface area contributed by atoms with Gasteiger partial charge in [-0.25, -0.2) is 15.0 Å². The Morgan fingerprint density at radius 1 is 0.517 bits per heavy atom. The quantitative estimate of drug-likeness (QED) is 0.0252. The molecule has 7 aromatic heterocycles. The van der Waals surface area contributed by atoms with E-state index in [9.17, 15) is 43.2 Å². The van der Waals surface area contributed by atoms with Crippen molar-refractivity contribution in [3.63, 3.8) is 0 Å². The summed E-state index contributed by atoms with van der Waals surface area (Å²) in [6.07, 6.45) is 10.9. The fourth-order valence-electron chi connectivity index (χ4n) is 13.7. The van der Waals surface area contributed by atoms with E-state index in [1.807, 2.05) is 36.1 Å². The maximum Gasteiger partial charge on any atom is 0.291 e. The Kier molecular flexibility index (Phi) is 32.1. The van der Waals surface area contributed by atoms with E-state index in [4.69, 9.17) is 45.0 Å². The molecule has 38 nitrogen and oxygen atoms in total. The zero-order valence-corrected chi connectivity index (χ0v) is 69.3. The molecule has 0 radical (unpaired) electrons. The molecule has 0 spiro atoms. The summed E-state index contributed by atoms with van der Waals surface area (Å²) in [6.45, 7) is 17.7. The van der Waals surface area contributed by atoms with Crippen LogP contribution in [0.3, 0.4) is 0 Å². The SMILES string of the molecule is Cc1sc2c(c1C)C(c1ccc(Cl)cc1)=N[C@@H](CC(=O)N1CCC(N3CCN(CCOCCOCCOCCOCCOCCOCCNC(=O)CCNC(=O)c4nc(NC(=O)CCNC(=O)c5cc(NC(=O)c6nc(NC(=O)CCNC(=O)c7cc(NC(=O)c8nccn8C)cn7C)cn6C)cn5C)cn4C)CC3)CC1)c1nnc(C)n1-2. The summed E-state index contributed by atoms with van der Waals surface area (Å²) in [5, 5.41) is 32.1. The Morgan fingerprint density at radius 3 is 1.55 bits per heavy atom. The smallest absolute Gasteiger partial charge is 0.291 e. The van der Waals surface area contributed by atoms with Crippen molar-refractivity contribution in [2.45, 2.75) is 71.4 Å². The molecule has 0 bridgehead atoms. The molecular formula is C78H104ClN23O15S. The van der Waals surface area contributed by atoms with Crippen LogP contribution in [0.15, 0.2) is 78.6 Å². The topological polar surface area (TPSA) is 421 Å². The first-order valence-corrected chi connectivity index (χ1v) is 40.4. The number of fused-ring (bicyclic) bond motifs is 3. The lowest BCUT2D eigenvalue weighted by atomic mass is 9.99. The maximum atomic E-state index is 14.1. The van der Waals surface area contributed by atoms with Crippen molar-refractivity contribution < 1.29 is 71.6 Å². The standard InChI is InChI=1S/C78H104ClN23O15S/c1-50-51(2)118-78-67(50)68(53-9-11-54(79)12-10-53)87-58(69-93-92-52(3)102(69)78)45-66(106)101-23-16-57(17-24-101)100-28-26-99(27-29-100)30-32-113-34-36-115-38-40-117-42-41-116-39-37-114-35-33-112-31-22-80-63(103)13-18-84-75(109)71-90-61(48-97(71)7)88-64(104)14-19-83-74(108)60-44-56(47-96(60)6)86-77(111)72-91-62(49-98(72)8)89-65(105)15-20-82-73(107)59-43-55(46-95(59)5)85-76(110)70-81-21-25-94(70)4/h9-12,21,25,43-44,46-49,57-58H,13-20,22-24,26-42,45H2,1-8H3,(H,80,103)(H,82,107)(H,83,108)(H,84,109)(H,85,110)(H,86,111)(H,88,104)(H,89,105)/t58-/m0/s1. The Morgan fingerprint density at radius 2 is 1.02 bits per heavy atom. The van der Waals surface area contributed by atoms with Crippen LogP contribution in [0, 0.1) is 20.8 Å². The second-order valence-electron chi connectivity index (χ2n) is 28.6. The number of rotatable bonds is 43. The number of likely N-dealkylation sites (tertiary alicyclic amines) is 1. The molecule has 11 rings (SSSR count). The van der Waals surface area contributed by atoms with Crippen LogP contribution < -0.4 is 42.5 Å². The minimum absolute atomic E-state index is 0.000266. The molecule has 8 aromatic rings. The average Bonchev–Trinajstić information content (AvgIpc) is 1.59. The van der Waals surface area contributed by atoms with Crippen LogP contribution in [0.25, 0.3) is 5.00 Å². The lowest BCUT2D eigenvalue weighted by molar-refractivity contribution is -0.133. The van der Waals surface area contributed by atoms with Gasteiger partial charge in [0.1, 0.15) is 28.3 Å². The summed E-state index contributed by atoms with van der Waals surface area (Å²) in [5.74, 6) is -2.05. The van der Waals surface area contributed by atoms with Crippen molar-refractivity contribution in [2.75, 3.05) is 173 Å². The highest BCUT2D eigenvalue weighted by atomic mass is 35.5. The summed E-state index contributed by atoms with van der Waals surface area (Å²) >= 11 is 8.01. The highest BCUT2D eigenvalue weighted by Gasteiger charge is 2.36. The van der Waals surface area contributed by atoms with E-state index >= 15 is 0 Å². The van der Waals surface area contributed by atoms with Crippen molar-refractivity contribution in [1.82, 2.24) is 88.5 Å². The number of aliphatic imine (C=N–C) groups is 1. The molecule has 9 amide bonds. The van der Waals surface area contributed by atoms with Gasteiger partial charge in [0.25, 0.3) is 29.5 Å². The number of benzene rings is 1. The van der Waals surface area contributed by atoms with Crippen LogP contribution in [0.4, 0.5) is 23.0 Å². The molecule has 8 N–H and O–H groups in total. The minimum Gasteiger partial charge on any atom is -0.378 e. The summed E-state index contributed by atoms with van der Waals surface area (Å²) in [5.41, 5.74) is 5.07. The Bertz CT molecular complexity index is 4830. The molecule has 1 atom stereocenters. The summed E-state index contributed by atoms with van der Waals surface area (Å²) in [7, 11) is 8.06. The largest absolute Gasteiger partial charge is 0.378 e. The third kappa shape index (κ3) is 24.4. The van der Waals surface area contributed by atoms with E-state index < -0.39 is 47.4 Å². The van der Waals surface area contributed by atoms with Gasteiger partial charge in [-0.1, -0.05) is 23.7 Å².